The predicted molar refractivity (Wildman–Crippen MR) is 357 cm³/mol. The Balaban J connectivity index is 0.928. The first-order valence-electron chi connectivity index (χ1n) is 35.8. The minimum atomic E-state index is -0.723. The fourth-order valence-corrected chi connectivity index (χ4v) is 24.4. The first-order valence-corrected chi connectivity index (χ1v) is 35.8. The normalized spacial score (nSPS) is 39.5. The molecule has 3 aromatic rings. The van der Waals surface area contributed by atoms with Crippen LogP contribution in [0, 0.1) is 85.8 Å². The van der Waals surface area contributed by atoms with Gasteiger partial charge in [-0.15, -0.1) is 0 Å². The van der Waals surface area contributed by atoms with E-state index in [1.54, 1.807) is 16.7 Å². The van der Waals surface area contributed by atoms with Crippen LogP contribution in [0.4, 0.5) is 0 Å². The fraction of sp³-hybridized carbons (Fsp3) is 0.598. The van der Waals surface area contributed by atoms with Gasteiger partial charge in [-0.1, -0.05) is 179 Å². The van der Waals surface area contributed by atoms with E-state index in [0.717, 1.165) is 96.0 Å². The lowest BCUT2D eigenvalue weighted by molar-refractivity contribution is -0.167. The first kappa shape index (κ1) is 59.2. The number of aryl methyl sites for hydroxylation is 1. The van der Waals surface area contributed by atoms with Gasteiger partial charge in [0.1, 0.15) is 0 Å². The summed E-state index contributed by atoms with van der Waals surface area (Å²) in [5, 5.41) is 49.0. The summed E-state index contributed by atoms with van der Waals surface area (Å²) in [6, 6.07) is 30.0. The lowest BCUT2D eigenvalue weighted by Gasteiger charge is -2.74. The molecule has 6 heteroatoms. The zero-order valence-corrected chi connectivity index (χ0v) is 54.0. The van der Waals surface area contributed by atoms with Crippen molar-refractivity contribution >= 4 is 23.2 Å². The Hall–Kier alpha value is -5.17. The van der Waals surface area contributed by atoms with Crippen LogP contribution in [0.3, 0.4) is 0 Å². The van der Waals surface area contributed by atoms with Crippen LogP contribution in [0.15, 0.2) is 143 Å². The zero-order chi connectivity index (χ0) is 60.4. The van der Waals surface area contributed by atoms with Crippen molar-refractivity contribution in [2.45, 2.75) is 207 Å². The SMILES string of the molecule is C=C1CCC(C(=O)O)C2C(O)CC3(C4CCC5(CCC(CCc6ccccc6)C5)C4)C4=C(CCC23C)C23CCC(O)C5(C)CC=C(CC(C)C)C(C=C6C(=c7ccccc7=CC62)Cc2cccc(c2)C2=CC=C(NCCCC1C1CCCCC1)NC2)(C4)C53. The molecule has 6 nitrogen and oxygen atoms in total. The van der Waals surface area contributed by atoms with Gasteiger partial charge in [0.25, 0.3) is 0 Å². The zero-order valence-electron chi connectivity index (χ0n) is 54.0. The van der Waals surface area contributed by atoms with Crippen LogP contribution >= 0.6 is 0 Å². The molecular weight excluding hydrogens is 1080 g/mol. The second-order valence-corrected chi connectivity index (χ2v) is 32.5. The van der Waals surface area contributed by atoms with Gasteiger partial charge in [0.15, 0.2) is 0 Å². The van der Waals surface area contributed by atoms with E-state index in [4.69, 9.17) is 6.58 Å². The number of nitrogens with one attached hydrogen (secondary N) is 2. The Morgan fingerprint density at radius 3 is 2.42 bits per heavy atom. The number of aliphatic hydroxyl groups excluding tert-OH is 2. The Kier molecular flexibility index (Phi) is 15.2. The summed E-state index contributed by atoms with van der Waals surface area (Å²) in [5.41, 5.74) is 13.1. The number of rotatable bonds is 8. The Bertz CT molecular complexity index is 3540. The smallest absolute Gasteiger partial charge is 0.306 e. The molecule has 5 saturated carbocycles. The molecule has 0 radical (unpaired) electrons. The lowest BCUT2D eigenvalue weighted by Crippen LogP contribution is -2.69. The highest BCUT2D eigenvalue weighted by Crippen LogP contribution is 2.84. The van der Waals surface area contributed by atoms with Crippen LogP contribution in [0.5, 0.6) is 0 Å². The van der Waals surface area contributed by atoms with Crippen molar-refractivity contribution < 1.29 is 20.1 Å². The molecule has 0 amide bonds. The Labute approximate surface area is 527 Å². The van der Waals surface area contributed by atoms with E-state index in [9.17, 15) is 20.1 Å². The van der Waals surface area contributed by atoms with Gasteiger partial charge in [0.2, 0.25) is 0 Å². The van der Waals surface area contributed by atoms with Crippen molar-refractivity contribution in [3.8, 4) is 0 Å². The summed E-state index contributed by atoms with van der Waals surface area (Å²) in [7, 11) is 0. The van der Waals surface area contributed by atoms with Crippen LogP contribution in [-0.4, -0.2) is 46.6 Å². The van der Waals surface area contributed by atoms with Crippen molar-refractivity contribution in [1.29, 1.82) is 0 Å². The van der Waals surface area contributed by atoms with E-state index in [0.29, 0.717) is 48.9 Å². The standard InChI is InChI=1S/C82H104N2O4/c1-52(2)42-61-32-36-77(4)72(86)35-40-81-68-34-37-78(5)74-65(75(87)88)29-25-53(3)63(57-19-10-7-11-20-57)24-15-41-83-73-30-28-60(51-84-73)58-22-14-18-56(43-58)44-66-64-23-13-12-21-59(64)45-69(81)67(66)48-80(61,76(77)81)49-70(68)82(78,50-71(74)85)62-33-39-79(47-62)38-31-55(46-79)27-26-54-16-8-6-9-17-54/h6,8-9,12-14,16-18,21-23,28,30,32,43,45,48,52,55,57,62-63,65,69,71-72,74,76,83-86H,3,7,10-11,15,19-20,24-27,29,31,33-42,44,46-47,49-51H2,1-2,4-5H3,(H,87,88). The number of aliphatic carboxylic acids is 1. The number of hydrogen-bond donors (Lipinski definition) is 5. The molecule has 5 N–H and O–H groups in total. The highest BCUT2D eigenvalue weighted by Gasteiger charge is 2.77. The maximum absolute atomic E-state index is 14.7. The minimum absolute atomic E-state index is 0.114. The van der Waals surface area contributed by atoms with E-state index in [1.165, 1.54) is 120 Å². The van der Waals surface area contributed by atoms with Gasteiger partial charge in [0, 0.05) is 46.6 Å². The van der Waals surface area contributed by atoms with Crippen molar-refractivity contribution in [3.63, 3.8) is 0 Å². The monoisotopic (exact) mass is 1180 g/mol. The average Bonchev–Trinajstić information content (AvgIpc) is 1.13. The third-order valence-corrected chi connectivity index (χ3v) is 27.9. The quantitative estimate of drug-likeness (QED) is 0.144. The largest absolute Gasteiger partial charge is 0.481 e. The van der Waals surface area contributed by atoms with E-state index >= 15 is 0 Å². The minimum Gasteiger partial charge on any atom is -0.481 e. The lowest BCUT2D eigenvalue weighted by atomic mass is 9.29. The van der Waals surface area contributed by atoms with Gasteiger partial charge >= 0.3 is 5.97 Å². The molecule has 16 aliphatic rings. The molecular formula is C82H104N2O4. The molecule has 10 aliphatic carbocycles. The number of allylic oxidation sites excluding steroid dienone is 9. The summed E-state index contributed by atoms with van der Waals surface area (Å²) in [6.45, 7) is 16.5. The number of carboxylic acid groups (broad SMARTS) is 1. The highest BCUT2D eigenvalue weighted by molar-refractivity contribution is 5.78. The molecule has 0 aromatic heterocycles. The number of aliphatic hydroxyl groups is 2. The molecule has 3 spiro atoms. The first-order chi connectivity index (χ1) is 42.6. The van der Waals surface area contributed by atoms with Crippen molar-refractivity contribution in [3.05, 3.63) is 171 Å². The average molecular weight is 1180 g/mol. The summed E-state index contributed by atoms with van der Waals surface area (Å²) in [4.78, 5) is 14.7. The number of hydrogen-bond acceptors (Lipinski definition) is 5. The number of fused-ring (bicyclic) bond motifs is 1. The molecule has 19 rings (SSSR count). The van der Waals surface area contributed by atoms with Gasteiger partial charge in [0.05, 0.1) is 23.9 Å². The summed E-state index contributed by atoms with van der Waals surface area (Å²) in [5.74, 6) is 2.10. The Morgan fingerprint density at radius 2 is 1.61 bits per heavy atom. The van der Waals surface area contributed by atoms with Gasteiger partial charge in [-0.05, 0) is 244 Å². The van der Waals surface area contributed by atoms with Crippen molar-refractivity contribution in [2.75, 3.05) is 13.1 Å². The second kappa shape index (κ2) is 22.6. The fourth-order valence-electron chi connectivity index (χ4n) is 24.4. The van der Waals surface area contributed by atoms with Crippen LogP contribution in [0.2, 0.25) is 0 Å². The predicted octanol–water partition coefficient (Wildman–Crippen LogP) is 16.1. The van der Waals surface area contributed by atoms with Crippen LogP contribution in [-0.2, 0) is 17.6 Å². The van der Waals surface area contributed by atoms with Crippen molar-refractivity contribution in [1.82, 2.24) is 10.6 Å². The molecule has 14 bridgehead atoms. The second-order valence-electron chi connectivity index (χ2n) is 32.5. The summed E-state index contributed by atoms with van der Waals surface area (Å²) < 4.78 is 0. The van der Waals surface area contributed by atoms with Crippen LogP contribution < -0.4 is 21.1 Å². The highest BCUT2D eigenvalue weighted by atomic mass is 16.4. The molecule has 3 aromatic carbocycles. The number of dihydropyridines is 1. The number of carbonyl (C=O) groups is 1. The molecule has 15 unspecified atom stereocenters. The molecule has 88 heavy (non-hydrogen) atoms. The van der Waals surface area contributed by atoms with Gasteiger partial charge in [-0.3, -0.25) is 4.79 Å². The van der Waals surface area contributed by atoms with E-state index in [1.807, 2.05) is 0 Å². The number of benzene rings is 3. The van der Waals surface area contributed by atoms with Crippen LogP contribution in [0.25, 0.3) is 17.2 Å². The number of carboxylic acids is 1. The topological polar surface area (TPSA) is 102 Å². The molecule has 466 valence electrons. The molecule has 5 fully saturated rings. The van der Waals surface area contributed by atoms with Gasteiger partial charge < -0.3 is 26.0 Å². The summed E-state index contributed by atoms with van der Waals surface area (Å²) >= 11 is 0. The van der Waals surface area contributed by atoms with Gasteiger partial charge in [-0.2, -0.15) is 0 Å². The van der Waals surface area contributed by atoms with E-state index in [-0.39, 0.29) is 44.8 Å². The van der Waals surface area contributed by atoms with Crippen LogP contribution in [0.1, 0.15) is 198 Å². The Morgan fingerprint density at radius 1 is 0.795 bits per heavy atom. The van der Waals surface area contributed by atoms with Gasteiger partial charge in [-0.25, -0.2) is 0 Å². The van der Waals surface area contributed by atoms with E-state index in [2.05, 4.69) is 148 Å². The molecule has 15 atom stereocenters. The third kappa shape index (κ3) is 9.34. The maximum Gasteiger partial charge on any atom is 0.306 e. The molecule has 6 heterocycles. The van der Waals surface area contributed by atoms with E-state index < -0.39 is 29.5 Å². The third-order valence-electron chi connectivity index (χ3n) is 27.9. The molecule has 0 saturated heterocycles. The maximum atomic E-state index is 14.7. The van der Waals surface area contributed by atoms with Crippen molar-refractivity contribution in [2.24, 2.45) is 85.8 Å². The summed E-state index contributed by atoms with van der Waals surface area (Å²) in [6.07, 6.45) is 39.1. The molecule has 6 aliphatic heterocycles.